The molecule has 0 aliphatic heterocycles. The molecule has 0 aromatic heterocycles. The molecule has 0 saturated carbocycles. The van der Waals surface area contributed by atoms with Crippen molar-refractivity contribution in [3.05, 3.63) is 58.6 Å². The zero-order valence-electron chi connectivity index (χ0n) is 13.3. The highest BCUT2D eigenvalue weighted by Gasteiger charge is 2.06. The van der Waals surface area contributed by atoms with E-state index < -0.39 is 0 Å². The number of ether oxygens (including phenoxy) is 1. The first-order valence-electron chi connectivity index (χ1n) is 7.65. The molecule has 0 aliphatic rings. The maximum Gasteiger partial charge on any atom is 0.338 e. The highest BCUT2D eigenvalue weighted by molar-refractivity contribution is 9.10. The minimum absolute atomic E-state index is 0.0660. The molecule has 5 nitrogen and oxygen atoms in total. The summed E-state index contributed by atoms with van der Waals surface area (Å²) in [6.07, 6.45) is 0.339. The third-order valence-corrected chi connectivity index (χ3v) is 3.68. The summed E-state index contributed by atoms with van der Waals surface area (Å²) in [6, 6.07) is 14.4. The van der Waals surface area contributed by atoms with Crippen LogP contribution in [0.1, 0.15) is 23.7 Å². The maximum atomic E-state index is 11.9. The van der Waals surface area contributed by atoms with Crippen molar-refractivity contribution in [1.82, 2.24) is 0 Å². The normalized spacial score (nSPS) is 10.1. The van der Waals surface area contributed by atoms with Crippen LogP contribution in [0.25, 0.3) is 0 Å². The lowest BCUT2D eigenvalue weighted by Crippen LogP contribution is -2.16. The molecule has 0 spiro atoms. The topological polar surface area (TPSA) is 67.4 Å². The molecule has 2 aromatic carbocycles. The molecule has 24 heavy (non-hydrogen) atoms. The summed E-state index contributed by atoms with van der Waals surface area (Å²) in [5.41, 5.74) is 2.11. The highest BCUT2D eigenvalue weighted by atomic mass is 79.9. The van der Waals surface area contributed by atoms with Gasteiger partial charge >= 0.3 is 5.97 Å². The molecule has 0 fully saturated rings. The van der Waals surface area contributed by atoms with E-state index in [1.807, 2.05) is 24.3 Å². The van der Waals surface area contributed by atoms with Crippen LogP contribution in [0.2, 0.25) is 0 Å². The summed E-state index contributed by atoms with van der Waals surface area (Å²) >= 11 is 3.36. The van der Waals surface area contributed by atoms with Crippen LogP contribution in [0.3, 0.4) is 0 Å². The first-order valence-corrected chi connectivity index (χ1v) is 8.44. The van der Waals surface area contributed by atoms with E-state index >= 15 is 0 Å². The van der Waals surface area contributed by atoms with E-state index in [4.69, 9.17) is 4.74 Å². The molecule has 2 N–H and O–H groups in total. The molecule has 0 radical (unpaired) electrons. The first-order chi connectivity index (χ1) is 11.6. The van der Waals surface area contributed by atoms with E-state index in [2.05, 4.69) is 26.6 Å². The molecule has 2 rings (SSSR count). The smallest absolute Gasteiger partial charge is 0.338 e. The Bertz CT molecular complexity index is 702. The summed E-state index contributed by atoms with van der Waals surface area (Å²) < 4.78 is 5.85. The monoisotopic (exact) mass is 390 g/mol. The van der Waals surface area contributed by atoms with E-state index in [1.165, 1.54) is 0 Å². The third-order valence-electron chi connectivity index (χ3n) is 3.19. The van der Waals surface area contributed by atoms with Gasteiger partial charge in [0.15, 0.2) is 0 Å². The number of amides is 1. The fraction of sp³-hybridized carbons (Fsp3) is 0.222. The Morgan fingerprint density at radius 1 is 1.08 bits per heavy atom. The first kappa shape index (κ1) is 18.0. The molecule has 1 amide bonds. The molecule has 126 valence electrons. The second kappa shape index (κ2) is 9.08. The summed E-state index contributed by atoms with van der Waals surface area (Å²) in [4.78, 5) is 23.5. The van der Waals surface area contributed by atoms with Gasteiger partial charge in [-0.05, 0) is 49.4 Å². The van der Waals surface area contributed by atoms with Crippen molar-refractivity contribution >= 4 is 39.2 Å². The van der Waals surface area contributed by atoms with Gasteiger partial charge in [-0.3, -0.25) is 4.79 Å². The van der Waals surface area contributed by atoms with Gasteiger partial charge in [0.05, 0.1) is 12.2 Å². The van der Waals surface area contributed by atoms with Crippen LogP contribution in [0.5, 0.6) is 0 Å². The minimum atomic E-state index is -0.336. The van der Waals surface area contributed by atoms with Crippen LogP contribution < -0.4 is 10.6 Å². The number of benzene rings is 2. The van der Waals surface area contributed by atoms with Gasteiger partial charge in [0.2, 0.25) is 5.91 Å². The summed E-state index contributed by atoms with van der Waals surface area (Å²) in [6.45, 7) is 2.62. The predicted molar refractivity (Wildman–Crippen MR) is 98.3 cm³/mol. The van der Waals surface area contributed by atoms with Gasteiger partial charge in [-0.25, -0.2) is 4.79 Å². The molecule has 0 heterocycles. The van der Waals surface area contributed by atoms with Crippen molar-refractivity contribution in [1.29, 1.82) is 0 Å². The number of esters is 1. The average Bonchev–Trinajstić information content (AvgIpc) is 2.55. The second-order valence-corrected chi connectivity index (χ2v) is 5.95. The van der Waals surface area contributed by atoms with Crippen molar-refractivity contribution < 1.29 is 14.3 Å². The van der Waals surface area contributed by atoms with E-state index in [-0.39, 0.29) is 11.9 Å². The Morgan fingerprint density at radius 3 is 2.50 bits per heavy atom. The number of hydrogen-bond donors (Lipinski definition) is 2. The number of rotatable bonds is 7. The van der Waals surface area contributed by atoms with Crippen LogP contribution in [0, 0.1) is 0 Å². The van der Waals surface area contributed by atoms with E-state index in [0.29, 0.717) is 25.1 Å². The molecule has 0 bridgehead atoms. The van der Waals surface area contributed by atoms with Crippen LogP contribution >= 0.6 is 15.9 Å². The second-order valence-electron chi connectivity index (χ2n) is 5.03. The molecule has 0 saturated heterocycles. The molecular weight excluding hydrogens is 372 g/mol. The molecule has 0 unspecified atom stereocenters. The largest absolute Gasteiger partial charge is 0.462 e. The molecule has 0 aliphatic carbocycles. The Labute approximate surface area is 149 Å². The van der Waals surface area contributed by atoms with Crippen LogP contribution in [-0.2, 0) is 9.53 Å². The average molecular weight is 391 g/mol. The Morgan fingerprint density at radius 2 is 1.83 bits per heavy atom. The van der Waals surface area contributed by atoms with Gasteiger partial charge in [-0.1, -0.05) is 22.0 Å². The lowest BCUT2D eigenvalue weighted by atomic mass is 10.2. The number of hydrogen-bond acceptors (Lipinski definition) is 4. The number of anilines is 2. The quantitative estimate of drug-likeness (QED) is 0.699. The van der Waals surface area contributed by atoms with Crippen molar-refractivity contribution in [2.24, 2.45) is 0 Å². The van der Waals surface area contributed by atoms with Crippen molar-refractivity contribution in [2.75, 3.05) is 23.8 Å². The van der Waals surface area contributed by atoms with E-state index in [9.17, 15) is 9.59 Å². The van der Waals surface area contributed by atoms with Crippen LogP contribution in [0.4, 0.5) is 11.4 Å². The van der Waals surface area contributed by atoms with E-state index in [0.717, 1.165) is 15.8 Å². The number of carbonyl (C=O) groups is 2. The lowest BCUT2D eigenvalue weighted by molar-refractivity contribution is -0.115. The Hall–Kier alpha value is -2.34. The van der Waals surface area contributed by atoms with Crippen LogP contribution in [0.15, 0.2) is 53.0 Å². The predicted octanol–water partition coefficient (Wildman–Crippen LogP) is 4.07. The van der Waals surface area contributed by atoms with Gasteiger partial charge in [0, 0.05) is 28.8 Å². The Kier molecular flexibility index (Phi) is 6.81. The van der Waals surface area contributed by atoms with Gasteiger partial charge in [-0.15, -0.1) is 0 Å². The third kappa shape index (κ3) is 5.70. The molecule has 2 aromatic rings. The van der Waals surface area contributed by atoms with Crippen molar-refractivity contribution in [2.45, 2.75) is 13.3 Å². The molecule has 0 atom stereocenters. The Balaban J connectivity index is 1.77. The minimum Gasteiger partial charge on any atom is -0.462 e. The number of carbonyl (C=O) groups excluding carboxylic acids is 2. The van der Waals surface area contributed by atoms with E-state index in [1.54, 1.807) is 31.2 Å². The van der Waals surface area contributed by atoms with Gasteiger partial charge in [0.1, 0.15) is 0 Å². The van der Waals surface area contributed by atoms with Gasteiger partial charge < -0.3 is 15.4 Å². The highest BCUT2D eigenvalue weighted by Crippen LogP contribution is 2.16. The summed E-state index contributed by atoms with van der Waals surface area (Å²) in [7, 11) is 0. The fourth-order valence-electron chi connectivity index (χ4n) is 2.05. The fourth-order valence-corrected chi connectivity index (χ4v) is 2.45. The zero-order valence-corrected chi connectivity index (χ0v) is 14.9. The lowest BCUT2D eigenvalue weighted by Gasteiger charge is -2.08. The van der Waals surface area contributed by atoms with Crippen molar-refractivity contribution in [3.8, 4) is 0 Å². The number of nitrogens with one attached hydrogen (secondary N) is 2. The maximum absolute atomic E-state index is 11.9. The van der Waals surface area contributed by atoms with Crippen molar-refractivity contribution in [3.63, 3.8) is 0 Å². The molecular formula is C18H19BrN2O3. The standard InChI is InChI=1S/C18H19BrN2O3/c1-2-24-18(23)13-6-8-15(9-7-13)20-11-10-17(22)21-16-5-3-4-14(19)12-16/h3-9,12,20H,2,10-11H2,1H3,(H,21,22). The van der Waals surface area contributed by atoms with Crippen LogP contribution in [-0.4, -0.2) is 25.0 Å². The summed E-state index contributed by atoms with van der Waals surface area (Å²) in [5.74, 6) is -0.402. The number of halogens is 1. The van der Waals surface area contributed by atoms with Gasteiger partial charge in [-0.2, -0.15) is 0 Å². The zero-order chi connectivity index (χ0) is 17.4. The van der Waals surface area contributed by atoms with Gasteiger partial charge in [0.25, 0.3) is 0 Å². The SMILES string of the molecule is CCOC(=O)c1ccc(NCCC(=O)Nc2cccc(Br)c2)cc1. The summed E-state index contributed by atoms with van der Waals surface area (Å²) in [5, 5.41) is 5.99. The molecule has 6 heteroatoms.